The van der Waals surface area contributed by atoms with E-state index in [-0.39, 0.29) is 31.3 Å². The van der Waals surface area contributed by atoms with Crippen molar-refractivity contribution in [3.05, 3.63) is 52.9 Å². The van der Waals surface area contributed by atoms with Crippen molar-refractivity contribution in [1.29, 1.82) is 0 Å². The molecule has 0 spiro atoms. The van der Waals surface area contributed by atoms with Crippen LogP contribution in [0.1, 0.15) is 69.7 Å². The number of ether oxygens (including phenoxy) is 3. The summed E-state index contributed by atoms with van der Waals surface area (Å²) in [6.45, 7) is 11.5. The molecule has 2 heterocycles. The minimum absolute atomic E-state index is 0.137. The van der Waals surface area contributed by atoms with Gasteiger partial charge in [0.25, 0.3) is 0 Å². The van der Waals surface area contributed by atoms with Crippen LogP contribution in [0.15, 0.2) is 24.3 Å². The van der Waals surface area contributed by atoms with Crippen LogP contribution in [0, 0.1) is 11.6 Å². The number of carbonyl (C=O) groups excluding carboxylic acids is 2. The Bertz CT molecular complexity index is 1060. The molecule has 1 aromatic heterocycles. The van der Waals surface area contributed by atoms with Crippen molar-refractivity contribution in [2.45, 2.75) is 78.3 Å². The first kappa shape index (κ1) is 26.6. The molecule has 10 heteroatoms. The molecule has 1 aliphatic heterocycles. The van der Waals surface area contributed by atoms with E-state index in [2.05, 4.69) is 5.10 Å². The van der Waals surface area contributed by atoms with Crippen LogP contribution in [0.25, 0.3) is 0 Å². The second kappa shape index (κ2) is 10.3. The molecule has 8 nitrogen and oxygen atoms in total. The first-order valence-electron chi connectivity index (χ1n) is 11.6. The van der Waals surface area contributed by atoms with E-state index in [0.29, 0.717) is 24.3 Å². The van der Waals surface area contributed by atoms with Crippen molar-refractivity contribution in [2.75, 3.05) is 13.2 Å². The molecule has 0 N–H and O–H groups in total. The number of esters is 1. The molecule has 1 atom stereocenters. The van der Waals surface area contributed by atoms with Crippen molar-refractivity contribution < 1.29 is 32.6 Å². The standard InChI is InChI=1S/C25H33F2N3O5/c1-7-33-22(31)21-14-19(12-16-10-17(26)13-18(27)11-16)28-29(21)9-8-20-15-34-25(5,6)30(20)23(32)35-24(2,3)4/h10-11,13-14,20H,7-9,12,15H2,1-6H3/t20-/m0/s1. The fourth-order valence-electron chi connectivity index (χ4n) is 4.07. The van der Waals surface area contributed by atoms with Crippen LogP contribution >= 0.6 is 0 Å². The van der Waals surface area contributed by atoms with Crippen LogP contribution < -0.4 is 0 Å². The number of aromatic nitrogens is 2. The van der Waals surface area contributed by atoms with Crippen molar-refractivity contribution in [3.8, 4) is 0 Å². The van der Waals surface area contributed by atoms with E-state index in [9.17, 15) is 18.4 Å². The topological polar surface area (TPSA) is 82.9 Å². The zero-order valence-corrected chi connectivity index (χ0v) is 21.1. The summed E-state index contributed by atoms with van der Waals surface area (Å²) in [6.07, 6.45) is 0.0903. The highest BCUT2D eigenvalue weighted by Crippen LogP contribution is 2.31. The van der Waals surface area contributed by atoms with Crippen molar-refractivity contribution in [1.82, 2.24) is 14.7 Å². The Kier molecular flexibility index (Phi) is 7.83. The molecule has 0 bridgehead atoms. The minimum Gasteiger partial charge on any atom is -0.461 e. The van der Waals surface area contributed by atoms with Gasteiger partial charge in [-0.3, -0.25) is 9.58 Å². The highest BCUT2D eigenvalue weighted by molar-refractivity contribution is 5.87. The smallest absolute Gasteiger partial charge is 0.412 e. The Labute approximate surface area is 204 Å². The first-order valence-corrected chi connectivity index (χ1v) is 11.6. The number of rotatable bonds is 7. The monoisotopic (exact) mass is 493 g/mol. The third-order valence-corrected chi connectivity index (χ3v) is 5.46. The fourth-order valence-corrected chi connectivity index (χ4v) is 4.07. The van der Waals surface area contributed by atoms with Gasteiger partial charge in [-0.15, -0.1) is 0 Å². The summed E-state index contributed by atoms with van der Waals surface area (Å²) in [5.74, 6) is -1.92. The maximum Gasteiger partial charge on any atom is 0.412 e. The third-order valence-electron chi connectivity index (χ3n) is 5.46. The van der Waals surface area contributed by atoms with Gasteiger partial charge in [0.2, 0.25) is 0 Å². The zero-order valence-electron chi connectivity index (χ0n) is 21.1. The minimum atomic E-state index is -0.853. The number of hydrogen-bond donors (Lipinski definition) is 0. The Morgan fingerprint density at radius 2 is 1.83 bits per heavy atom. The van der Waals surface area contributed by atoms with Crippen LogP contribution in [-0.2, 0) is 27.2 Å². The van der Waals surface area contributed by atoms with Gasteiger partial charge in [0.1, 0.15) is 28.7 Å². The molecule has 0 radical (unpaired) electrons. The lowest BCUT2D eigenvalue weighted by molar-refractivity contribution is -0.0628. The molecular weight excluding hydrogens is 460 g/mol. The summed E-state index contributed by atoms with van der Waals surface area (Å²) in [4.78, 5) is 27.0. The summed E-state index contributed by atoms with van der Waals surface area (Å²) in [5, 5.41) is 4.49. The largest absolute Gasteiger partial charge is 0.461 e. The third kappa shape index (κ3) is 6.78. The van der Waals surface area contributed by atoms with E-state index in [4.69, 9.17) is 14.2 Å². The van der Waals surface area contributed by atoms with E-state index in [1.54, 1.807) is 52.5 Å². The van der Waals surface area contributed by atoms with Crippen LogP contribution in [0.5, 0.6) is 0 Å². The molecule has 1 saturated heterocycles. The van der Waals surface area contributed by atoms with Gasteiger partial charge in [-0.25, -0.2) is 18.4 Å². The Balaban J connectivity index is 1.81. The molecular formula is C25H33F2N3O5. The molecule has 2 aromatic rings. The number of amides is 1. The highest BCUT2D eigenvalue weighted by Gasteiger charge is 2.45. The lowest BCUT2D eigenvalue weighted by Gasteiger charge is -2.35. The van der Waals surface area contributed by atoms with Crippen molar-refractivity contribution in [3.63, 3.8) is 0 Å². The normalized spacial score (nSPS) is 17.5. The van der Waals surface area contributed by atoms with Gasteiger partial charge >= 0.3 is 12.1 Å². The molecule has 0 unspecified atom stereocenters. The highest BCUT2D eigenvalue weighted by atomic mass is 19.1. The second-order valence-corrected chi connectivity index (χ2v) is 9.97. The second-order valence-electron chi connectivity index (χ2n) is 9.97. The Morgan fingerprint density at radius 1 is 1.17 bits per heavy atom. The van der Waals surface area contributed by atoms with Crippen LogP contribution in [0.4, 0.5) is 13.6 Å². The summed E-state index contributed by atoms with van der Waals surface area (Å²) in [7, 11) is 0. The zero-order chi connectivity index (χ0) is 26.0. The van der Waals surface area contributed by atoms with Crippen molar-refractivity contribution in [2.24, 2.45) is 0 Å². The molecule has 0 aliphatic carbocycles. The van der Waals surface area contributed by atoms with Gasteiger partial charge in [-0.1, -0.05) is 0 Å². The fraction of sp³-hybridized carbons (Fsp3) is 0.560. The maximum atomic E-state index is 13.6. The molecule has 35 heavy (non-hydrogen) atoms. The number of carbonyl (C=O) groups is 2. The van der Waals surface area contributed by atoms with E-state index in [1.165, 1.54) is 16.8 Å². The van der Waals surface area contributed by atoms with Gasteiger partial charge in [0, 0.05) is 19.0 Å². The summed E-state index contributed by atoms with van der Waals surface area (Å²) < 4.78 is 45.3. The van der Waals surface area contributed by atoms with Gasteiger partial charge in [-0.2, -0.15) is 5.10 Å². The molecule has 1 aliphatic rings. The number of aryl methyl sites for hydroxylation is 1. The van der Waals surface area contributed by atoms with E-state index >= 15 is 0 Å². The molecule has 0 saturated carbocycles. The van der Waals surface area contributed by atoms with Crippen LogP contribution in [0.3, 0.4) is 0 Å². The number of halogens is 2. The molecule has 1 aromatic carbocycles. The molecule has 192 valence electrons. The Morgan fingerprint density at radius 3 is 2.43 bits per heavy atom. The Hall–Kier alpha value is -3.01. The maximum absolute atomic E-state index is 13.6. The lowest BCUT2D eigenvalue weighted by atomic mass is 10.1. The quantitative estimate of drug-likeness (QED) is 0.521. The predicted octanol–water partition coefficient (Wildman–Crippen LogP) is 4.69. The van der Waals surface area contributed by atoms with Gasteiger partial charge in [0.05, 0.1) is 24.9 Å². The average molecular weight is 494 g/mol. The molecule has 1 fully saturated rings. The number of hydrogen-bond acceptors (Lipinski definition) is 6. The molecule has 1 amide bonds. The summed E-state index contributed by atoms with van der Waals surface area (Å²) >= 11 is 0. The SMILES string of the molecule is CCOC(=O)c1cc(Cc2cc(F)cc(F)c2)nn1CC[C@H]1COC(C)(C)N1C(=O)OC(C)(C)C. The van der Waals surface area contributed by atoms with E-state index in [1.807, 2.05) is 0 Å². The summed E-state index contributed by atoms with van der Waals surface area (Å²) in [5.41, 5.74) is -0.436. The van der Waals surface area contributed by atoms with Crippen LogP contribution in [0.2, 0.25) is 0 Å². The van der Waals surface area contributed by atoms with Gasteiger partial charge in [-0.05, 0) is 71.7 Å². The molecule has 3 rings (SSSR count). The summed E-state index contributed by atoms with van der Waals surface area (Å²) in [6, 6.07) is 4.50. The van der Waals surface area contributed by atoms with E-state index < -0.39 is 35.0 Å². The predicted molar refractivity (Wildman–Crippen MR) is 124 cm³/mol. The van der Waals surface area contributed by atoms with Crippen LogP contribution in [-0.4, -0.2) is 57.3 Å². The number of nitrogens with zero attached hydrogens (tertiary/aromatic N) is 3. The van der Waals surface area contributed by atoms with Crippen molar-refractivity contribution >= 4 is 12.1 Å². The number of benzene rings is 1. The van der Waals surface area contributed by atoms with Gasteiger partial charge < -0.3 is 14.2 Å². The lowest BCUT2D eigenvalue weighted by Crippen LogP contribution is -2.50. The average Bonchev–Trinajstić information content (AvgIpc) is 3.24. The van der Waals surface area contributed by atoms with E-state index in [0.717, 1.165) is 6.07 Å². The van der Waals surface area contributed by atoms with Gasteiger partial charge in [0.15, 0.2) is 0 Å². The first-order chi connectivity index (χ1) is 16.3.